The Kier molecular flexibility index (Phi) is 34.5. The standard InChI is InChI=1S/C32H31Br2N.C30H43B2NO4.2C18H15P.C7H6BrI.2ClH.Pd/c1-4-5-6-7-16-35-31-19-23(27-14-10-25(33)17-21(27)2)8-12-29(31)30-13-9-24(20-32(30)35)28-15-11-26(34)18-22(28)3;1-10-11-12-13-18-33-25-19-21(31-34-27(2,3)28(4,5)35-31)14-16-23(25)24-17-15-22(20-26(24)33)32-36-29(6,7)30(8,9)37-32;2*1-4-10-16(11-5-1)19(17-12-6-2-7-13-17)18-14-8-3-9-15-18;1-5-4-6(8)2-3-7(5)9;;;/h8-15,17-20H,4-7,16H2,1-3H3;14-17,19-20H,10-13,18H2,1-9H3;2*1-15H;2-4H,1H3;2*1H;/q;;;;;;;+2/p-2. The van der Waals surface area contributed by atoms with E-state index in [4.69, 9.17) is 37.7 Å². The minimum atomic E-state index is -0.446. The molecule has 6 nitrogen and oxygen atoms in total. The van der Waals surface area contributed by atoms with Gasteiger partial charge < -0.3 is 27.8 Å². The van der Waals surface area contributed by atoms with Crippen LogP contribution in [0.5, 0.6) is 0 Å². The fourth-order valence-corrected chi connectivity index (χ4v) is 21.9. The quantitative estimate of drug-likeness (QED) is 0.0330. The SMILES string of the molecule is CCCCCCn1c2cc(-c3ccc(Br)cc3C)ccc2c2ccc(-c3ccc(Br)cc3C)cc21.CCCCCCn1c2cc(B3OC(C)(C)C(C)(C)O3)ccc2c2ccc(B3OC(C)(C)C(C)(C)O3)cc21.Cc1cc(Br)ccc1I.[Cl][Pd][Cl].c1ccc(P(c2ccccc2)c2ccccc2)cc1.c1ccc(P(c2ccccc2)c2ccccc2)cc1. The monoisotopic (exact) mass is 2090 g/mol. The number of hydrogen-bond acceptors (Lipinski definition) is 4. The zero-order chi connectivity index (χ0) is 86.7. The molecule has 122 heavy (non-hydrogen) atoms. The molecule has 17 heteroatoms. The van der Waals surface area contributed by atoms with Crippen LogP contribution in [-0.4, -0.2) is 45.8 Å². The molecule has 0 saturated carbocycles. The van der Waals surface area contributed by atoms with Crippen LogP contribution in [-0.2, 0) is 47.6 Å². The van der Waals surface area contributed by atoms with Crippen molar-refractivity contribution in [2.45, 2.75) is 177 Å². The largest absolute Gasteiger partial charge is 0.0622 e. The van der Waals surface area contributed by atoms with E-state index in [0.29, 0.717) is 0 Å². The van der Waals surface area contributed by atoms with Crippen LogP contribution in [0.4, 0.5) is 0 Å². The van der Waals surface area contributed by atoms with Crippen LogP contribution < -0.4 is 42.8 Å². The predicted octanol–water partition coefficient (Wildman–Crippen LogP) is 28.5. The summed E-state index contributed by atoms with van der Waals surface area (Å²) in [6.07, 6.45) is 9.89. The van der Waals surface area contributed by atoms with Crippen LogP contribution in [0.15, 0.2) is 323 Å². The molecule has 2 aromatic heterocycles. The van der Waals surface area contributed by atoms with Gasteiger partial charge in [-0.1, -0.05) is 343 Å². The first-order valence-corrected chi connectivity index (χ1v) is 52.4. The molecule has 2 saturated heterocycles. The molecule has 0 spiro atoms. The second-order valence-corrected chi connectivity index (χ2v) is 43.9. The molecular weight excluding hydrogens is 1980 g/mol. The van der Waals surface area contributed by atoms with Crippen molar-refractivity contribution in [3.63, 3.8) is 0 Å². The number of aromatic nitrogens is 2. The van der Waals surface area contributed by atoms with E-state index in [1.54, 1.807) is 0 Å². The van der Waals surface area contributed by atoms with E-state index in [1.165, 1.54) is 163 Å². The van der Waals surface area contributed by atoms with Crippen LogP contribution in [0, 0.1) is 24.3 Å². The van der Waals surface area contributed by atoms with E-state index in [9.17, 15) is 0 Å². The van der Waals surface area contributed by atoms with Gasteiger partial charge in [0.2, 0.25) is 0 Å². The van der Waals surface area contributed by atoms with Gasteiger partial charge in [-0.3, -0.25) is 0 Å². The molecule has 2 aliphatic heterocycles. The van der Waals surface area contributed by atoms with E-state index in [-0.39, 0.29) is 52.6 Å². The second kappa shape index (κ2) is 44.4. The zero-order valence-electron chi connectivity index (χ0n) is 72.2. The third kappa shape index (κ3) is 23.7. The average molecular weight is 2090 g/mol. The normalized spacial score (nSPS) is 14.2. The van der Waals surface area contributed by atoms with Crippen molar-refractivity contribution in [2.75, 3.05) is 0 Å². The molecule has 2 fully saturated rings. The first-order valence-electron chi connectivity index (χ1n) is 42.2. The molecule has 2 aliphatic rings. The fraction of sp³-hybridized carbons (Fsp3) is 0.257. The van der Waals surface area contributed by atoms with Gasteiger partial charge in [0.05, 0.1) is 22.4 Å². The van der Waals surface area contributed by atoms with Crippen molar-refractivity contribution in [3.8, 4) is 22.3 Å². The predicted molar refractivity (Wildman–Crippen MR) is 548 cm³/mol. The van der Waals surface area contributed by atoms with Gasteiger partial charge in [0, 0.05) is 73.7 Å². The van der Waals surface area contributed by atoms with Gasteiger partial charge in [0.15, 0.2) is 0 Å². The van der Waals surface area contributed by atoms with Gasteiger partial charge in [-0.15, -0.1) is 0 Å². The Hall–Kier alpha value is -6.30. The van der Waals surface area contributed by atoms with Gasteiger partial charge >= 0.3 is 49.2 Å². The van der Waals surface area contributed by atoms with Crippen molar-refractivity contribution >= 4 is 206 Å². The maximum atomic E-state index is 6.39. The summed E-state index contributed by atoms with van der Waals surface area (Å²) >= 11 is 12.8. The summed E-state index contributed by atoms with van der Waals surface area (Å²) < 4.78 is 35.3. The summed E-state index contributed by atoms with van der Waals surface area (Å²) in [5.74, 6) is 0. The van der Waals surface area contributed by atoms with Crippen molar-refractivity contribution in [3.05, 3.63) is 343 Å². The van der Waals surface area contributed by atoms with Gasteiger partial charge in [0.25, 0.3) is 0 Å². The number of aryl methyl sites for hydroxylation is 5. The first kappa shape index (κ1) is 94.8. The molecule has 0 N–H and O–H groups in total. The molecule has 4 heterocycles. The summed E-state index contributed by atoms with van der Waals surface area (Å²) in [4.78, 5) is 0. The molecule has 0 bridgehead atoms. The minimum Gasteiger partial charge on any atom is -0.0622 e. The topological polar surface area (TPSA) is 46.8 Å². The molecule has 17 rings (SSSR count). The third-order valence-corrected chi connectivity index (χ3v) is 31.1. The van der Waals surface area contributed by atoms with Gasteiger partial charge in [-0.05, 0) is 276 Å². The maximum absolute atomic E-state index is 6.39. The number of benzene rings is 13. The molecule has 0 amide bonds. The van der Waals surface area contributed by atoms with Crippen LogP contribution in [0.1, 0.15) is 137 Å². The number of nitrogens with zero attached hydrogens (tertiary/aromatic N) is 2. The number of rotatable bonds is 20. The van der Waals surface area contributed by atoms with E-state index in [0.717, 1.165) is 43.9 Å². The van der Waals surface area contributed by atoms with Crippen molar-refractivity contribution in [1.29, 1.82) is 0 Å². The van der Waals surface area contributed by atoms with Crippen molar-refractivity contribution < 1.29 is 34.6 Å². The van der Waals surface area contributed by atoms with Gasteiger partial charge in [-0.2, -0.15) is 0 Å². The first-order chi connectivity index (χ1) is 58.7. The van der Waals surface area contributed by atoms with E-state index < -0.39 is 15.8 Å². The Balaban J connectivity index is 0.000000147. The number of fused-ring (bicyclic) bond motifs is 6. The Bertz CT molecular complexity index is 5380. The molecule has 0 radical (unpaired) electrons. The van der Waals surface area contributed by atoms with Gasteiger partial charge in [-0.25, -0.2) is 0 Å². The third-order valence-electron chi connectivity index (χ3n) is 23.5. The Morgan fingerprint density at radius 3 is 0.852 bits per heavy atom. The number of halogens is 6. The van der Waals surface area contributed by atoms with E-state index in [2.05, 4.69) is 479 Å². The minimum absolute atomic E-state index is 0.106. The molecule has 13 aromatic carbocycles. The van der Waals surface area contributed by atoms with Crippen LogP contribution in [0.3, 0.4) is 0 Å². The summed E-state index contributed by atoms with van der Waals surface area (Å²) in [5.41, 5.74) is 14.9. The Morgan fingerprint density at radius 1 is 0.328 bits per heavy atom. The number of hydrogen-bond donors (Lipinski definition) is 0. The van der Waals surface area contributed by atoms with E-state index in [1.807, 2.05) is 0 Å². The average Bonchev–Trinajstić information content (AvgIpc) is 1.59. The Labute approximate surface area is 783 Å². The second-order valence-electron chi connectivity index (χ2n) is 33.2. The molecule has 632 valence electrons. The smallest absolute Gasteiger partial charge is 0.0134 e. The summed E-state index contributed by atoms with van der Waals surface area (Å²) in [6.45, 7) is 29.9. The van der Waals surface area contributed by atoms with E-state index >= 15 is 0 Å². The Morgan fingerprint density at radius 2 is 0.590 bits per heavy atom. The summed E-state index contributed by atoms with van der Waals surface area (Å²) in [5, 5.41) is 13.6. The zero-order valence-corrected chi connectivity index (χ0v) is 83.9. The molecule has 0 unspecified atom stereocenters. The molecule has 0 aliphatic carbocycles. The number of unbranched alkanes of at least 4 members (excludes halogenated alkanes) is 6. The fourth-order valence-electron chi connectivity index (χ4n) is 15.6. The van der Waals surface area contributed by atoms with Gasteiger partial charge in [0.1, 0.15) is 0 Å². The van der Waals surface area contributed by atoms with Crippen molar-refractivity contribution in [2.24, 2.45) is 0 Å². The summed E-state index contributed by atoms with van der Waals surface area (Å²) in [6, 6.07) is 111. The van der Waals surface area contributed by atoms with Crippen molar-refractivity contribution in [1.82, 2.24) is 9.13 Å². The molecule has 15 aromatic rings. The van der Waals surface area contributed by atoms with Crippen LogP contribution in [0.25, 0.3) is 65.9 Å². The van der Waals surface area contributed by atoms with Crippen LogP contribution in [0.2, 0.25) is 0 Å². The maximum Gasteiger partial charge on any atom is -0.0134 e. The molecular formula is C105H110B2Br3Cl2IN2O4P2Pd. The van der Waals surface area contributed by atoms with Crippen LogP contribution >= 0.6 is 105 Å². The molecule has 0 atom stereocenters. The summed E-state index contributed by atoms with van der Waals surface area (Å²) in [7, 11) is 7.99.